The minimum atomic E-state index is -4.81. The van der Waals surface area contributed by atoms with E-state index in [0.29, 0.717) is 12.5 Å². The van der Waals surface area contributed by atoms with Gasteiger partial charge in [0.15, 0.2) is 11.6 Å². The van der Waals surface area contributed by atoms with Crippen LogP contribution in [0.3, 0.4) is 0 Å². The van der Waals surface area contributed by atoms with Gasteiger partial charge in [0.25, 0.3) is 0 Å². The molecule has 2 atom stereocenters. The zero-order valence-corrected chi connectivity index (χ0v) is 12.1. The van der Waals surface area contributed by atoms with Crippen LogP contribution in [0.1, 0.15) is 12.0 Å². The molecule has 0 aromatic carbocycles. The molecule has 1 aromatic rings. The van der Waals surface area contributed by atoms with Crippen molar-refractivity contribution in [3.05, 3.63) is 17.8 Å². The molecule has 0 spiro atoms. The van der Waals surface area contributed by atoms with E-state index in [4.69, 9.17) is 5.73 Å². The van der Waals surface area contributed by atoms with Crippen LogP contribution in [0.2, 0.25) is 0 Å². The SMILES string of the molecule is NC(=O)C1C[C@H](C(=O)Nc2nccc(C(F)(F)F)c2O)CN1C=O. The molecule has 11 heteroatoms. The number of hydrogen-bond acceptors (Lipinski definition) is 5. The molecular formula is C13H13F3N4O4. The normalized spacial score (nSPS) is 20.7. The second kappa shape index (κ2) is 6.34. The first-order valence-electron chi connectivity index (χ1n) is 6.71. The highest BCUT2D eigenvalue weighted by Gasteiger charge is 2.39. The van der Waals surface area contributed by atoms with Crippen LogP contribution >= 0.6 is 0 Å². The lowest BCUT2D eigenvalue weighted by molar-refractivity contribution is -0.138. The maximum atomic E-state index is 12.7. The van der Waals surface area contributed by atoms with E-state index < -0.39 is 47.1 Å². The first kappa shape index (κ1) is 17.5. The van der Waals surface area contributed by atoms with Crippen LogP contribution in [0.15, 0.2) is 12.3 Å². The summed E-state index contributed by atoms with van der Waals surface area (Å²) in [7, 11) is 0. The molecule has 1 aromatic heterocycles. The number of rotatable bonds is 4. The number of carbonyl (C=O) groups excluding carboxylic acids is 3. The summed E-state index contributed by atoms with van der Waals surface area (Å²) < 4.78 is 38.1. The number of aromatic nitrogens is 1. The molecule has 2 rings (SSSR count). The summed E-state index contributed by atoms with van der Waals surface area (Å²) in [5.74, 6) is -4.32. The summed E-state index contributed by atoms with van der Waals surface area (Å²) in [6.45, 7) is -0.122. The highest BCUT2D eigenvalue weighted by Crippen LogP contribution is 2.38. The largest absolute Gasteiger partial charge is 0.504 e. The smallest absolute Gasteiger partial charge is 0.420 e. The van der Waals surface area contributed by atoms with Gasteiger partial charge in [-0.05, 0) is 12.5 Å². The quantitative estimate of drug-likeness (QED) is 0.666. The zero-order chi connectivity index (χ0) is 18.1. The number of amides is 3. The maximum absolute atomic E-state index is 12.7. The number of aromatic hydroxyl groups is 1. The molecule has 24 heavy (non-hydrogen) atoms. The molecule has 3 amide bonds. The van der Waals surface area contributed by atoms with Crippen LogP contribution < -0.4 is 11.1 Å². The Morgan fingerprint density at radius 1 is 1.46 bits per heavy atom. The van der Waals surface area contributed by atoms with E-state index in [1.54, 1.807) is 0 Å². The number of carbonyl (C=O) groups is 3. The molecule has 8 nitrogen and oxygen atoms in total. The number of alkyl halides is 3. The fraction of sp³-hybridized carbons (Fsp3) is 0.385. The van der Waals surface area contributed by atoms with Crippen LogP contribution in [0.25, 0.3) is 0 Å². The molecular weight excluding hydrogens is 333 g/mol. The van der Waals surface area contributed by atoms with Gasteiger partial charge in [-0.15, -0.1) is 0 Å². The lowest BCUT2D eigenvalue weighted by Crippen LogP contribution is -2.39. The minimum Gasteiger partial charge on any atom is -0.504 e. The summed E-state index contributed by atoms with van der Waals surface area (Å²) in [4.78, 5) is 38.7. The third-order valence-corrected chi connectivity index (χ3v) is 3.65. The minimum absolute atomic E-state index is 0.0698. The van der Waals surface area contributed by atoms with Gasteiger partial charge in [-0.3, -0.25) is 14.4 Å². The Hall–Kier alpha value is -2.85. The van der Waals surface area contributed by atoms with E-state index in [1.807, 2.05) is 0 Å². The van der Waals surface area contributed by atoms with Crippen molar-refractivity contribution in [2.24, 2.45) is 11.7 Å². The summed E-state index contributed by atoms with van der Waals surface area (Å²) in [5, 5.41) is 11.7. The van der Waals surface area contributed by atoms with E-state index in [2.05, 4.69) is 10.3 Å². The second-order valence-corrected chi connectivity index (χ2v) is 5.20. The number of nitrogens with two attached hydrogens (primary N) is 1. The van der Waals surface area contributed by atoms with Crippen molar-refractivity contribution < 1.29 is 32.7 Å². The van der Waals surface area contributed by atoms with Gasteiger partial charge in [-0.1, -0.05) is 0 Å². The van der Waals surface area contributed by atoms with E-state index in [-0.39, 0.29) is 13.0 Å². The topological polar surface area (TPSA) is 126 Å². The molecule has 1 aliphatic rings. The van der Waals surface area contributed by atoms with Crippen LogP contribution in [0.4, 0.5) is 19.0 Å². The molecule has 0 bridgehead atoms. The van der Waals surface area contributed by atoms with Gasteiger partial charge >= 0.3 is 6.18 Å². The number of primary amides is 1. The Morgan fingerprint density at radius 2 is 2.12 bits per heavy atom. The van der Waals surface area contributed by atoms with E-state index in [1.165, 1.54) is 0 Å². The number of anilines is 1. The van der Waals surface area contributed by atoms with Crippen molar-refractivity contribution in [2.45, 2.75) is 18.6 Å². The molecule has 1 unspecified atom stereocenters. The predicted octanol–water partition coefficient (Wildman–Crippen LogP) is 0.0767. The number of pyridine rings is 1. The highest BCUT2D eigenvalue weighted by molar-refractivity contribution is 5.95. The predicted molar refractivity (Wildman–Crippen MR) is 73.4 cm³/mol. The molecule has 1 aliphatic heterocycles. The molecule has 0 saturated carbocycles. The fourth-order valence-corrected chi connectivity index (χ4v) is 2.44. The first-order valence-corrected chi connectivity index (χ1v) is 6.71. The summed E-state index contributed by atoms with van der Waals surface area (Å²) >= 11 is 0. The molecule has 0 aliphatic carbocycles. The van der Waals surface area contributed by atoms with Gasteiger partial charge in [0.2, 0.25) is 18.2 Å². The van der Waals surface area contributed by atoms with Crippen LogP contribution in [-0.2, 0) is 20.6 Å². The van der Waals surface area contributed by atoms with Gasteiger partial charge in [-0.2, -0.15) is 13.2 Å². The zero-order valence-electron chi connectivity index (χ0n) is 12.1. The summed E-state index contributed by atoms with van der Waals surface area (Å²) in [5.41, 5.74) is 3.78. The Labute approximate surface area is 133 Å². The van der Waals surface area contributed by atoms with Crippen molar-refractivity contribution in [3.8, 4) is 5.75 Å². The van der Waals surface area contributed by atoms with Crippen molar-refractivity contribution in [1.29, 1.82) is 0 Å². The lowest BCUT2D eigenvalue weighted by atomic mass is 10.0. The number of likely N-dealkylation sites (tertiary alicyclic amines) is 1. The second-order valence-electron chi connectivity index (χ2n) is 5.20. The molecule has 4 N–H and O–H groups in total. The molecule has 1 fully saturated rings. The molecule has 130 valence electrons. The van der Waals surface area contributed by atoms with Crippen LogP contribution in [0, 0.1) is 5.92 Å². The standard InChI is InChI=1S/C13H13F3N4O4/c14-13(15,16)7-1-2-18-11(9(7)22)19-12(24)6-3-8(10(17)23)20(4-6)5-21/h1-2,5-6,8,22H,3-4H2,(H2,17,23)(H,18,19,24)/t6-,8?/m0/s1. The summed E-state index contributed by atoms with van der Waals surface area (Å²) in [6.07, 6.45) is -3.73. The third-order valence-electron chi connectivity index (χ3n) is 3.65. The number of nitrogens with zero attached hydrogens (tertiary/aromatic N) is 2. The van der Waals surface area contributed by atoms with Crippen molar-refractivity contribution in [1.82, 2.24) is 9.88 Å². The summed E-state index contributed by atoms with van der Waals surface area (Å²) in [6, 6.07) is -0.404. The number of halogens is 3. The number of nitrogens with one attached hydrogen (secondary N) is 1. The Balaban J connectivity index is 2.17. The van der Waals surface area contributed by atoms with Gasteiger partial charge in [0.05, 0.1) is 5.92 Å². The number of hydrogen-bond donors (Lipinski definition) is 3. The van der Waals surface area contributed by atoms with E-state index >= 15 is 0 Å². The molecule has 0 radical (unpaired) electrons. The van der Waals surface area contributed by atoms with Gasteiger partial charge in [-0.25, -0.2) is 4.98 Å². The lowest BCUT2D eigenvalue weighted by Gasteiger charge is -2.15. The van der Waals surface area contributed by atoms with Crippen LogP contribution in [0.5, 0.6) is 5.75 Å². The first-order chi connectivity index (χ1) is 11.1. The monoisotopic (exact) mass is 346 g/mol. The van der Waals surface area contributed by atoms with Crippen molar-refractivity contribution in [3.63, 3.8) is 0 Å². The van der Waals surface area contributed by atoms with Gasteiger partial charge < -0.3 is 21.1 Å². The van der Waals surface area contributed by atoms with Crippen LogP contribution in [-0.4, -0.2) is 45.8 Å². The average molecular weight is 346 g/mol. The maximum Gasteiger partial charge on any atom is 0.420 e. The van der Waals surface area contributed by atoms with Gasteiger partial charge in [0.1, 0.15) is 11.6 Å². The van der Waals surface area contributed by atoms with Crippen molar-refractivity contribution >= 4 is 24.0 Å². The molecule has 1 saturated heterocycles. The third kappa shape index (κ3) is 3.39. The highest BCUT2D eigenvalue weighted by atomic mass is 19.4. The Bertz CT molecular complexity index is 680. The average Bonchev–Trinajstić information content (AvgIpc) is 2.92. The molecule has 2 heterocycles. The fourth-order valence-electron chi connectivity index (χ4n) is 2.44. The van der Waals surface area contributed by atoms with E-state index in [9.17, 15) is 32.7 Å². The Kier molecular flexibility index (Phi) is 4.62. The van der Waals surface area contributed by atoms with Gasteiger partial charge in [0, 0.05) is 12.7 Å². The van der Waals surface area contributed by atoms with E-state index in [0.717, 1.165) is 11.1 Å². The Morgan fingerprint density at radius 3 is 2.62 bits per heavy atom. The van der Waals surface area contributed by atoms with Crippen molar-refractivity contribution in [2.75, 3.05) is 11.9 Å².